The lowest BCUT2D eigenvalue weighted by molar-refractivity contribution is 0.0993. The molecule has 0 saturated heterocycles. The van der Waals surface area contributed by atoms with Gasteiger partial charge in [-0.2, -0.15) is 0 Å². The van der Waals surface area contributed by atoms with Gasteiger partial charge in [0.2, 0.25) is 0 Å². The SMILES string of the molecule is COCCCn1cnnc1SC(C)C(=O)c1cc(C)ccc1C. The Hall–Kier alpha value is -1.66. The molecule has 124 valence electrons. The number of carbonyl (C=O) groups excluding carboxylic acids is 1. The van der Waals surface area contributed by atoms with Crippen molar-refractivity contribution in [1.29, 1.82) is 0 Å². The lowest BCUT2D eigenvalue weighted by Gasteiger charge is -2.13. The number of nitrogens with zero attached hydrogens (tertiary/aromatic N) is 3. The number of hydrogen-bond acceptors (Lipinski definition) is 5. The average molecular weight is 333 g/mol. The van der Waals surface area contributed by atoms with Crippen LogP contribution >= 0.6 is 11.8 Å². The summed E-state index contributed by atoms with van der Waals surface area (Å²) in [5, 5.41) is 8.65. The van der Waals surface area contributed by atoms with Gasteiger partial charge in [-0.1, -0.05) is 29.5 Å². The number of ketones is 1. The van der Waals surface area contributed by atoms with E-state index in [1.165, 1.54) is 11.8 Å². The minimum atomic E-state index is -0.208. The van der Waals surface area contributed by atoms with E-state index >= 15 is 0 Å². The average Bonchev–Trinajstić information content (AvgIpc) is 2.96. The van der Waals surface area contributed by atoms with E-state index in [4.69, 9.17) is 4.74 Å². The molecule has 23 heavy (non-hydrogen) atoms. The summed E-state index contributed by atoms with van der Waals surface area (Å²) < 4.78 is 7.04. The van der Waals surface area contributed by atoms with Crippen molar-refractivity contribution in [3.63, 3.8) is 0 Å². The molecule has 5 nitrogen and oxygen atoms in total. The van der Waals surface area contributed by atoms with Crippen LogP contribution in [0.1, 0.15) is 34.8 Å². The number of aryl methyl sites for hydroxylation is 3. The van der Waals surface area contributed by atoms with Crippen LogP contribution in [0.3, 0.4) is 0 Å². The number of aromatic nitrogens is 3. The molecule has 2 aromatic rings. The van der Waals surface area contributed by atoms with Gasteiger partial charge in [0.25, 0.3) is 0 Å². The lowest BCUT2D eigenvalue weighted by Crippen LogP contribution is -2.16. The Morgan fingerprint density at radius 1 is 1.39 bits per heavy atom. The van der Waals surface area contributed by atoms with Crippen LogP contribution in [0.25, 0.3) is 0 Å². The first-order valence-electron chi connectivity index (χ1n) is 7.67. The summed E-state index contributed by atoms with van der Waals surface area (Å²) in [6, 6.07) is 5.97. The van der Waals surface area contributed by atoms with E-state index < -0.39 is 0 Å². The van der Waals surface area contributed by atoms with Crippen LogP contribution in [0.4, 0.5) is 0 Å². The Morgan fingerprint density at radius 3 is 2.91 bits per heavy atom. The van der Waals surface area contributed by atoms with Crippen LogP contribution in [-0.4, -0.2) is 39.5 Å². The van der Waals surface area contributed by atoms with Crippen molar-refractivity contribution in [1.82, 2.24) is 14.8 Å². The number of thioether (sulfide) groups is 1. The van der Waals surface area contributed by atoms with Crippen molar-refractivity contribution in [2.75, 3.05) is 13.7 Å². The van der Waals surface area contributed by atoms with Crippen LogP contribution < -0.4 is 0 Å². The number of carbonyl (C=O) groups is 1. The van der Waals surface area contributed by atoms with Gasteiger partial charge >= 0.3 is 0 Å². The van der Waals surface area contributed by atoms with Crippen molar-refractivity contribution in [2.45, 2.75) is 44.1 Å². The van der Waals surface area contributed by atoms with Crippen LogP contribution in [0.5, 0.6) is 0 Å². The molecule has 0 bridgehead atoms. The smallest absolute Gasteiger partial charge is 0.191 e. The fraction of sp³-hybridized carbons (Fsp3) is 0.471. The van der Waals surface area contributed by atoms with Gasteiger partial charge in [0, 0.05) is 25.8 Å². The standard InChI is InChI=1S/C17H23N3O2S/c1-12-6-7-13(2)15(10-12)16(21)14(3)23-17-19-18-11-20(17)8-5-9-22-4/h6-7,10-11,14H,5,8-9H2,1-4H3. The zero-order chi connectivity index (χ0) is 16.8. The number of rotatable bonds is 8. The van der Waals surface area contributed by atoms with E-state index in [0.717, 1.165) is 34.8 Å². The van der Waals surface area contributed by atoms with Crippen molar-refractivity contribution in [3.05, 3.63) is 41.2 Å². The first-order valence-corrected chi connectivity index (χ1v) is 8.55. The Labute approximate surface area is 141 Å². The highest BCUT2D eigenvalue weighted by atomic mass is 32.2. The van der Waals surface area contributed by atoms with Gasteiger partial charge in [-0.15, -0.1) is 10.2 Å². The van der Waals surface area contributed by atoms with E-state index in [1.54, 1.807) is 13.4 Å². The van der Waals surface area contributed by atoms with Gasteiger partial charge in [0.05, 0.1) is 5.25 Å². The number of hydrogen-bond donors (Lipinski definition) is 0. The molecular formula is C17H23N3O2S. The van der Waals surface area contributed by atoms with Crippen molar-refractivity contribution >= 4 is 17.5 Å². The monoisotopic (exact) mass is 333 g/mol. The molecule has 0 spiro atoms. The quantitative estimate of drug-likeness (QED) is 0.421. The summed E-state index contributed by atoms with van der Waals surface area (Å²) in [6.45, 7) is 7.37. The summed E-state index contributed by atoms with van der Waals surface area (Å²) in [7, 11) is 1.69. The minimum absolute atomic E-state index is 0.127. The molecule has 0 N–H and O–H groups in total. The van der Waals surface area contributed by atoms with Crippen molar-refractivity contribution in [3.8, 4) is 0 Å². The fourth-order valence-electron chi connectivity index (χ4n) is 2.30. The van der Waals surface area contributed by atoms with Crippen LogP contribution in [-0.2, 0) is 11.3 Å². The molecule has 0 amide bonds. The Balaban J connectivity index is 2.07. The highest BCUT2D eigenvalue weighted by Crippen LogP contribution is 2.25. The van der Waals surface area contributed by atoms with E-state index in [9.17, 15) is 4.79 Å². The normalized spacial score (nSPS) is 12.3. The molecule has 0 fully saturated rings. The highest BCUT2D eigenvalue weighted by Gasteiger charge is 2.20. The number of Topliss-reactive ketones (excluding diaryl/α,β-unsaturated/α-hetero) is 1. The molecule has 1 unspecified atom stereocenters. The lowest BCUT2D eigenvalue weighted by atomic mass is 10.0. The Bertz CT molecular complexity index is 670. The first kappa shape index (κ1) is 17.7. The van der Waals surface area contributed by atoms with Crippen LogP contribution in [0.2, 0.25) is 0 Å². The largest absolute Gasteiger partial charge is 0.385 e. The number of ether oxygens (including phenoxy) is 1. The maximum atomic E-state index is 12.7. The molecule has 0 aliphatic heterocycles. The Kier molecular flexibility index (Phi) is 6.36. The van der Waals surface area contributed by atoms with Crippen molar-refractivity contribution in [2.24, 2.45) is 0 Å². The minimum Gasteiger partial charge on any atom is -0.385 e. The molecule has 0 radical (unpaired) electrons. The van der Waals surface area contributed by atoms with E-state index in [0.29, 0.717) is 6.61 Å². The van der Waals surface area contributed by atoms with Crippen LogP contribution in [0, 0.1) is 13.8 Å². The second-order valence-electron chi connectivity index (χ2n) is 5.60. The molecule has 1 aromatic heterocycles. The molecule has 0 aliphatic carbocycles. The van der Waals surface area contributed by atoms with Crippen LogP contribution in [0.15, 0.2) is 29.7 Å². The second kappa shape index (κ2) is 8.26. The first-order chi connectivity index (χ1) is 11.0. The Morgan fingerprint density at radius 2 is 2.17 bits per heavy atom. The molecule has 0 saturated carbocycles. The summed E-state index contributed by atoms with van der Waals surface area (Å²) in [5.74, 6) is 0.127. The molecule has 1 heterocycles. The summed E-state index contributed by atoms with van der Waals surface area (Å²) >= 11 is 1.45. The van der Waals surface area contributed by atoms with Gasteiger partial charge < -0.3 is 9.30 Å². The van der Waals surface area contributed by atoms with Gasteiger partial charge in [0.15, 0.2) is 10.9 Å². The zero-order valence-corrected chi connectivity index (χ0v) is 14.9. The van der Waals surface area contributed by atoms with E-state index in [2.05, 4.69) is 10.2 Å². The third-order valence-electron chi connectivity index (χ3n) is 3.64. The highest BCUT2D eigenvalue weighted by molar-refractivity contribution is 8.00. The molecular weight excluding hydrogens is 310 g/mol. The summed E-state index contributed by atoms with van der Waals surface area (Å²) in [5.41, 5.74) is 2.89. The molecule has 0 aliphatic rings. The van der Waals surface area contributed by atoms with Crippen molar-refractivity contribution < 1.29 is 9.53 Å². The maximum Gasteiger partial charge on any atom is 0.191 e. The predicted octanol–water partition coefficient (Wildman–Crippen LogP) is 3.29. The van der Waals surface area contributed by atoms with Gasteiger partial charge in [-0.05, 0) is 38.8 Å². The molecule has 1 atom stereocenters. The number of benzene rings is 1. The van der Waals surface area contributed by atoms with Gasteiger partial charge in [-0.3, -0.25) is 4.79 Å². The molecule has 1 aromatic carbocycles. The summed E-state index contributed by atoms with van der Waals surface area (Å²) in [4.78, 5) is 12.7. The third-order valence-corrected chi connectivity index (χ3v) is 4.73. The third kappa shape index (κ3) is 4.65. The zero-order valence-electron chi connectivity index (χ0n) is 14.1. The number of methoxy groups -OCH3 is 1. The second-order valence-corrected chi connectivity index (χ2v) is 6.90. The van der Waals surface area contributed by atoms with Gasteiger partial charge in [-0.25, -0.2) is 0 Å². The topological polar surface area (TPSA) is 57.0 Å². The maximum absolute atomic E-state index is 12.7. The summed E-state index contributed by atoms with van der Waals surface area (Å²) in [6.07, 6.45) is 2.59. The fourth-order valence-corrected chi connectivity index (χ4v) is 3.22. The van der Waals surface area contributed by atoms with E-state index in [1.807, 2.05) is 43.5 Å². The van der Waals surface area contributed by atoms with E-state index in [-0.39, 0.29) is 11.0 Å². The molecule has 6 heteroatoms. The van der Waals surface area contributed by atoms with Gasteiger partial charge in [0.1, 0.15) is 6.33 Å². The molecule has 2 rings (SSSR count). The predicted molar refractivity (Wildman–Crippen MR) is 92.1 cm³/mol.